The molecule has 0 saturated heterocycles. The molecule has 122 valence electrons. The summed E-state index contributed by atoms with van der Waals surface area (Å²) in [5.41, 5.74) is -0.271. The van der Waals surface area contributed by atoms with Gasteiger partial charge in [-0.05, 0) is 13.0 Å². The molecule has 24 heavy (non-hydrogen) atoms. The molecule has 0 unspecified atom stereocenters. The Kier molecular flexibility index (Phi) is 3.82. The number of fused-ring (bicyclic) bond motifs is 1. The molecule has 2 N–H and O–H groups in total. The predicted octanol–water partition coefficient (Wildman–Crippen LogP) is 1.03. The summed E-state index contributed by atoms with van der Waals surface area (Å²) in [6, 6.07) is 7.71. The molecule has 0 atom stereocenters. The van der Waals surface area contributed by atoms with Crippen molar-refractivity contribution >= 4 is 28.5 Å². The van der Waals surface area contributed by atoms with Crippen molar-refractivity contribution in [3.63, 3.8) is 0 Å². The Morgan fingerprint density at radius 3 is 2.62 bits per heavy atom. The molecule has 2 aromatic heterocycles. The topological polar surface area (TPSA) is 127 Å². The second kappa shape index (κ2) is 5.95. The molecule has 0 radical (unpaired) electrons. The van der Waals surface area contributed by atoms with Crippen molar-refractivity contribution in [2.75, 3.05) is 5.32 Å². The lowest BCUT2D eigenvalue weighted by Crippen LogP contribution is -2.31. The molecule has 0 spiro atoms. The molecule has 1 aromatic carbocycles. The van der Waals surface area contributed by atoms with Crippen molar-refractivity contribution in [3.8, 4) is 0 Å². The van der Waals surface area contributed by atoms with Crippen LogP contribution in [0.5, 0.6) is 0 Å². The number of nitrogens with zero attached hydrogens (tertiary/aromatic N) is 3. The maximum absolute atomic E-state index is 12.4. The molecule has 1 amide bonds. The van der Waals surface area contributed by atoms with Crippen LogP contribution in [0, 0.1) is 6.92 Å². The second-order valence-corrected chi connectivity index (χ2v) is 5.04. The highest BCUT2D eigenvalue weighted by Gasteiger charge is 2.17. The van der Waals surface area contributed by atoms with Crippen LogP contribution in [0.2, 0.25) is 0 Å². The third-order valence-corrected chi connectivity index (χ3v) is 3.25. The standard InChI is InChI=1S/C15H12N4O5/c1-8-6-12(24-18-8)16-11(20)7-19-14(21)10-5-3-2-4-9(10)13(17-19)15(22)23/h2-6H,7H2,1H3,(H,16,20)(H,22,23). The zero-order valence-electron chi connectivity index (χ0n) is 12.5. The molecule has 2 heterocycles. The summed E-state index contributed by atoms with van der Waals surface area (Å²) in [7, 11) is 0. The number of carbonyl (C=O) groups excluding carboxylic acids is 1. The number of anilines is 1. The first-order chi connectivity index (χ1) is 11.5. The number of rotatable bonds is 4. The van der Waals surface area contributed by atoms with Gasteiger partial charge in [-0.1, -0.05) is 23.4 Å². The molecule has 3 rings (SSSR count). The molecule has 0 fully saturated rings. The Balaban J connectivity index is 1.97. The van der Waals surface area contributed by atoms with Crippen LogP contribution in [0.3, 0.4) is 0 Å². The quantitative estimate of drug-likeness (QED) is 0.732. The van der Waals surface area contributed by atoms with Gasteiger partial charge in [0.2, 0.25) is 11.8 Å². The summed E-state index contributed by atoms with van der Waals surface area (Å²) < 4.78 is 5.66. The van der Waals surface area contributed by atoms with Gasteiger partial charge in [-0.25, -0.2) is 9.48 Å². The highest BCUT2D eigenvalue weighted by Crippen LogP contribution is 2.13. The number of carboxylic acid groups (broad SMARTS) is 1. The van der Waals surface area contributed by atoms with Crippen molar-refractivity contribution in [1.29, 1.82) is 0 Å². The molecular formula is C15H12N4O5. The Labute approximate surface area is 134 Å². The van der Waals surface area contributed by atoms with E-state index in [1.807, 2.05) is 0 Å². The van der Waals surface area contributed by atoms with Gasteiger partial charge in [-0.2, -0.15) is 5.10 Å². The van der Waals surface area contributed by atoms with Gasteiger partial charge in [0.1, 0.15) is 6.54 Å². The number of benzene rings is 1. The predicted molar refractivity (Wildman–Crippen MR) is 82.8 cm³/mol. The van der Waals surface area contributed by atoms with Crippen molar-refractivity contribution in [3.05, 3.63) is 52.1 Å². The van der Waals surface area contributed by atoms with E-state index in [-0.39, 0.29) is 22.4 Å². The van der Waals surface area contributed by atoms with Crippen LogP contribution < -0.4 is 10.9 Å². The largest absolute Gasteiger partial charge is 0.476 e. The van der Waals surface area contributed by atoms with E-state index in [1.54, 1.807) is 19.1 Å². The van der Waals surface area contributed by atoms with Gasteiger partial charge in [0.05, 0.1) is 11.1 Å². The van der Waals surface area contributed by atoms with Crippen LogP contribution in [0.1, 0.15) is 16.2 Å². The van der Waals surface area contributed by atoms with Gasteiger partial charge in [-0.3, -0.25) is 14.9 Å². The van der Waals surface area contributed by atoms with Crippen LogP contribution in [0.4, 0.5) is 5.88 Å². The van der Waals surface area contributed by atoms with Crippen LogP contribution in [-0.2, 0) is 11.3 Å². The van der Waals surface area contributed by atoms with Gasteiger partial charge in [0.15, 0.2) is 5.69 Å². The van der Waals surface area contributed by atoms with E-state index in [2.05, 4.69) is 15.6 Å². The number of amides is 1. The van der Waals surface area contributed by atoms with Gasteiger partial charge < -0.3 is 9.63 Å². The highest BCUT2D eigenvalue weighted by molar-refractivity contribution is 6.01. The lowest BCUT2D eigenvalue weighted by Gasteiger charge is -2.08. The number of hydrogen-bond acceptors (Lipinski definition) is 6. The number of aromatic nitrogens is 3. The average Bonchev–Trinajstić information content (AvgIpc) is 2.94. The van der Waals surface area contributed by atoms with E-state index >= 15 is 0 Å². The summed E-state index contributed by atoms with van der Waals surface area (Å²) in [6.45, 7) is 1.23. The second-order valence-electron chi connectivity index (χ2n) is 5.04. The lowest BCUT2D eigenvalue weighted by atomic mass is 10.1. The van der Waals surface area contributed by atoms with Crippen LogP contribution >= 0.6 is 0 Å². The number of aromatic carboxylic acids is 1. The van der Waals surface area contributed by atoms with Crippen LogP contribution in [-0.4, -0.2) is 31.9 Å². The summed E-state index contributed by atoms with van der Waals surface area (Å²) >= 11 is 0. The minimum absolute atomic E-state index is 0.129. The molecule has 0 aliphatic carbocycles. The zero-order valence-corrected chi connectivity index (χ0v) is 12.5. The van der Waals surface area contributed by atoms with Crippen molar-refractivity contribution in [2.24, 2.45) is 0 Å². The van der Waals surface area contributed by atoms with Crippen LogP contribution in [0.25, 0.3) is 10.8 Å². The number of nitrogens with one attached hydrogen (secondary N) is 1. The molecule has 0 aliphatic rings. The van der Waals surface area contributed by atoms with E-state index in [9.17, 15) is 19.5 Å². The Morgan fingerprint density at radius 2 is 2.00 bits per heavy atom. The monoisotopic (exact) mass is 328 g/mol. The molecule has 3 aromatic rings. The fraction of sp³-hybridized carbons (Fsp3) is 0.133. The fourth-order valence-corrected chi connectivity index (χ4v) is 2.24. The molecule has 0 aliphatic heterocycles. The molecule has 9 nitrogen and oxygen atoms in total. The first-order valence-corrected chi connectivity index (χ1v) is 6.92. The smallest absolute Gasteiger partial charge is 0.357 e. The first-order valence-electron chi connectivity index (χ1n) is 6.92. The molecular weight excluding hydrogens is 316 g/mol. The van der Waals surface area contributed by atoms with E-state index in [1.165, 1.54) is 18.2 Å². The van der Waals surface area contributed by atoms with Gasteiger partial charge in [-0.15, -0.1) is 0 Å². The zero-order chi connectivity index (χ0) is 17.3. The van der Waals surface area contributed by atoms with Crippen molar-refractivity contribution < 1.29 is 19.2 Å². The normalized spacial score (nSPS) is 10.7. The van der Waals surface area contributed by atoms with Gasteiger partial charge in [0, 0.05) is 11.5 Å². The maximum atomic E-state index is 12.4. The Hall–Kier alpha value is -3.49. The van der Waals surface area contributed by atoms with Crippen LogP contribution in [0.15, 0.2) is 39.6 Å². The van der Waals surface area contributed by atoms with E-state index in [0.717, 1.165) is 4.68 Å². The third-order valence-electron chi connectivity index (χ3n) is 3.25. The first kappa shape index (κ1) is 15.4. The minimum Gasteiger partial charge on any atom is -0.476 e. The Morgan fingerprint density at radius 1 is 1.29 bits per heavy atom. The number of aryl methyl sites for hydroxylation is 1. The summed E-state index contributed by atoms with van der Waals surface area (Å²) in [5.74, 6) is -1.75. The number of hydrogen-bond donors (Lipinski definition) is 2. The van der Waals surface area contributed by atoms with Gasteiger partial charge >= 0.3 is 5.97 Å². The van der Waals surface area contributed by atoms with Gasteiger partial charge in [0.25, 0.3) is 5.56 Å². The SMILES string of the molecule is Cc1cc(NC(=O)Cn2nc(C(=O)O)c3ccccc3c2=O)on1. The third kappa shape index (κ3) is 2.86. The number of carbonyl (C=O) groups is 2. The number of carboxylic acids is 1. The highest BCUT2D eigenvalue weighted by atomic mass is 16.5. The summed E-state index contributed by atoms with van der Waals surface area (Å²) in [6.07, 6.45) is 0. The summed E-state index contributed by atoms with van der Waals surface area (Å²) in [5, 5.41) is 19.5. The lowest BCUT2D eigenvalue weighted by molar-refractivity contribution is -0.117. The molecule has 9 heteroatoms. The minimum atomic E-state index is -1.29. The van der Waals surface area contributed by atoms with E-state index < -0.39 is 24.0 Å². The van der Waals surface area contributed by atoms with E-state index in [4.69, 9.17) is 4.52 Å². The molecule has 0 saturated carbocycles. The van der Waals surface area contributed by atoms with Crippen molar-refractivity contribution in [1.82, 2.24) is 14.9 Å². The van der Waals surface area contributed by atoms with E-state index in [0.29, 0.717) is 5.69 Å². The average molecular weight is 328 g/mol. The maximum Gasteiger partial charge on any atom is 0.357 e. The summed E-state index contributed by atoms with van der Waals surface area (Å²) in [4.78, 5) is 35.8. The van der Waals surface area contributed by atoms with Crippen molar-refractivity contribution in [2.45, 2.75) is 13.5 Å². The Bertz CT molecular complexity index is 1000. The molecule has 0 bridgehead atoms. The fourth-order valence-electron chi connectivity index (χ4n) is 2.24.